The van der Waals surface area contributed by atoms with Gasteiger partial charge in [-0.3, -0.25) is 10.1 Å². The molecule has 3 aromatic heterocycles. The molecule has 4 rings (SSSR count). The van der Waals surface area contributed by atoms with Gasteiger partial charge in [-0.1, -0.05) is 62.4 Å². The molecule has 3 heterocycles. The molecule has 1 amide bonds. The van der Waals surface area contributed by atoms with Crippen LogP contribution in [0.4, 0.5) is 5.13 Å². The van der Waals surface area contributed by atoms with Gasteiger partial charge < -0.3 is 0 Å². The van der Waals surface area contributed by atoms with E-state index in [1.54, 1.807) is 18.5 Å². The summed E-state index contributed by atoms with van der Waals surface area (Å²) in [4.78, 5) is 17.0. The maximum absolute atomic E-state index is 12.6. The van der Waals surface area contributed by atoms with Crippen LogP contribution in [0.2, 0.25) is 0 Å². The van der Waals surface area contributed by atoms with Gasteiger partial charge in [0.25, 0.3) is 5.91 Å². The van der Waals surface area contributed by atoms with Crippen LogP contribution >= 0.6 is 11.3 Å². The lowest BCUT2D eigenvalue weighted by Crippen LogP contribution is -2.12. The number of benzene rings is 1. The fourth-order valence-electron chi connectivity index (χ4n) is 2.71. The van der Waals surface area contributed by atoms with Crippen LogP contribution in [0, 0.1) is 0 Å². The normalized spacial score (nSPS) is 11.7. The number of anilines is 1. The molecule has 0 aliphatic rings. The number of nitrogens with zero attached hydrogens (tertiary/aromatic N) is 5. The van der Waals surface area contributed by atoms with Crippen molar-refractivity contribution in [2.24, 2.45) is 0 Å². The second kappa shape index (κ2) is 7.12. The van der Waals surface area contributed by atoms with Crippen molar-refractivity contribution in [1.29, 1.82) is 0 Å². The maximum atomic E-state index is 12.6. The minimum Gasteiger partial charge on any atom is -0.296 e. The first-order valence-electron chi connectivity index (χ1n) is 8.91. The molecule has 1 N–H and O–H groups in total. The SMILES string of the molecule is CC(C)(C)c1nnc(NC(=O)c2cnc3c(cnn3Cc3ccccc3)c2)s1. The van der Waals surface area contributed by atoms with Gasteiger partial charge in [-0.2, -0.15) is 5.10 Å². The molecule has 7 nitrogen and oxygen atoms in total. The molecule has 142 valence electrons. The van der Waals surface area contributed by atoms with Crippen LogP contribution in [0.25, 0.3) is 11.0 Å². The third-order valence-electron chi connectivity index (χ3n) is 4.20. The van der Waals surface area contributed by atoms with Gasteiger partial charge in [-0.25, -0.2) is 9.67 Å². The minimum absolute atomic E-state index is 0.103. The predicted molar refractivity (Wildman–Crippen MR) is 110 cm³/mol. The van der Waals surface area contributed by atoms with Crippen LogP contribution < -0.4 is 5.32 Å². The quantitative estimate of drug-likeness (QED) is 0.570. The second-order valence-electron chi connectivity index (χ2n) is 7.54. The van der Waals surface area contributed by atoms with Crippen LogP contribution in [0.3, 0.4) is 0 Å². The number of nitrogens with one attached hydrogen (secondary N) is 1. The van der Waals surface area contributed by atoms with Gasteiger partial charge in [-0.15, -0.1) is 10.2 Å². The Morgan fingerprint density at radius 2 is 1.93 bits per heavy atom. The third kappa shape index (κ3) is 3.77. The van der Waals surface area contributed by atoms with Crippen molar-refractivity contribution in [2.45, 2.75) is 32.7 Å². The highest BCUT2D eigenvalue weighted by Crippen LogP contribution is 2.28. The fraction of sp³-hybridized carbons (Fsp3) is 0.250. The number of carbonyl (C=O) groups excluding carboxylic acids is 1. The topological polar surface area (TPSA) is 85.6 Å². The molecule has 0 atom stereocenters. The van der Waals surface area contributed by atoms with Gasteiger partial charge in [0.2, 0.25) is 5.13 Å². The third-order valence-corrected chi connectivity index (χ3v) is 5.46. The monoisotopic (exact) mass is 392 g/mol. The number of pyridine rings is 1. The van der Waals surface area contributed by atoms with Crippen molar-refractivity contribution in [3.05, 3.63) is 64.9 Å². The summed E-state index contributed by atoms with van der Waals surface area (Å²) in [6.07, 6.45) is 3.29. The van der Waals surface area contributed by atoms with Crippen molar-refractivity contribution >= 4 is 33.4 Å². The zero-order valence-electron chi connectivity index (χ0n) is 15.9. The highest BCUT2D eigenvalue weighted by molar-refractivity contribution is 7.15. The fourth-order valence-corrected chi connectivity index (χ4v) is 3.51. The van der Waals surface area contributed by atoms with Crippen molar-refractivity contribution in [1.82, 2.24) is 25.0 Å². The summed E-state index contributed by atoms with van der Waals surface area (Å²) in [5.41, 5.74) is 2.24. The molecule has 0 bridgehead atoms. The van der Waals surface area contributed by atoms with E-state index in [2.05, 4.69) is 46.4 Å². The van der Waals surface area contributed by atoms with E-state index in [-0.39, 0.29) is 11.3 Å². The molecule has 0 spiro atoms. The number of carbonyl (C=O) groups is 1. The Labute approximate surface area is 166 Å². The average molecular weight is 392 g/mol. The van der Waals surface area contributed by atoms with Crippen LogP contribution in [0.15, 0.2) is 48.8 Å². The Morgan fingerprint density at radius 1 is 1.14 bits per heavy atom. The molecule has 1 aromatic carbocycles. The molecule has 0 unspecified atom stereocenters. The zero-order chi connectivity index (χ0) is 19.7. The van der Waals surface area contributed by atoms with Crippen molar-refractivity contribution in [2.75, 3.05) is 5.32 Å². The van der Waals surface area contributed by atoms with Crippen LogP contribution in [-0.4, -0.2) is 30.9 Å². The lowest BCUT2D eigenvalue weighted by Gasteiger charge is -2.12. The molecule has 0 radical (unpaired) electrons. The zero-order valence-corrected chi connectivity index (χ0v) is 16.7. The predicted octanol–water partition coefficient (Wildman–Crippen LogP) is 3.88. The molecule has 0 fully saturated rings. The van der Waals surface area contributed by atoms with Gasteiger partial charge in [0.05, 0.1) is 18.3 Å². The number of rotatable bonds is 4. The summed E-state index contributed by atoms with van der Waals surface area (Å²) >= 11 is 1.38. The Bertz CT molecular complexity index is 1130. The van der Waals surface area contributed by atoms with Crippen LogP contribution in [0.5, 0.6) is 0 Å². The molecule has 0 aliphatic heterocycles. The number of amides is 1. The highest BCUT2D eigenvalue weighted by atomic mass is 32.1. The lowest BCUT2D eigenvalue weighted by molar-refractivity contribution is 0.102. The van der Waals surface area contributed by atoms with E-state index in [1.807, 2.05) is 35.0 Å². The minimum atomic E-state index is -0.262. The van der Waals surface area contributed by atoms with Gasteiger partial charge >= 0.3 is 0 Å². The Morgan fingerprint density at radius 3 is 2.64 bits per heavy atom. The van der Waals surface area contributed by atoms with E-state index < -0.39 is 0 Å². The Balaban J connectivity index is 1.53. The van der Waals surface area contributed by atoms with Crippen molar-refractivity contribution in [3.8, 4) is 0 Å². The number of hydrogen-bond donors (Lipinski definition) is 1. The van der Waals surface area contributed by atoms with Crippen LogP contribution in [-0.2, 0) is 12.0 Å². The molecule has 0 saturated carbocycles. The summed E-state index contributed by atoms with van der Waals surface area (Å²) in [5.74, 6) is -0.262. The summed E-state index contributed by atoms with van der Waals surface area (Å²) in [6, 6.07) is 11.9. The summed E-state index contributed by atoms with van der Waals surface area (Å²) in [6.45, 7) is 6.81. The van der Waals surface area contributed by atoms with Gasteiger partial charge in [-0.05, 0) is 11.6 Å². The molecular formula is C20H20N6OS. The van der Waals surface area contributed by atoms with Crippen molar-refractivity contribution in [3.63, 3.8) is 0 Å². The summed E-state index contributed by atoms with van der Waals surface area (Å²) < 4.78 is 1.83. The molecule has 0 aliphatic carbocycles. The molecule has 28 heavy (non-hydrogen) atoms. The molecular weight excluding hydrogens is 372 g/mol. The van der Waals surface area contributed by atoms with E-state index in [4.69, 9.17) is 0 Å². The van der Waals surface area contributed by atoms with Gasteiger partial charge in [0, 0.05) is 17.0 Å². The number of hydrogen-bond acceptors (Lipinski definition) is 6. The van der Waals surface area contributed by atoms with Crippen LogP contribution in [0.1, 0.15) is 41.7 Å². The Kier molecular flexibility index (Phi) is 4.64. The molecule has 0 saturated heterocycles. The maximum Gasteiger partial charge on any atom is 0.259 e. The van der Waals surface area contributed by atoms with E-state index >= 15 is 0 Å². The largest absolute Gasteiger partial charge is 0.296 e. The highest BCUT2D eigenvalue weighted by Gasteiger charge is 2.20. The van der Waals surface area contributed by atoms with Crippen molar-refractivity contribution < 1.29 is 4.79 Å². The van der Waals surface area contributed by atoms with E-state index in [9.17, 15) is 4.79 Å². The summed E-state index contributed by atoms with van der Waals surface area (Å²) in [7, 11) is 0. The standard InChI is InChI=1S/C20H20N6OS/c1-20(2,3)18-24-25-19(28-18)23-17(27)15-9-14-11-22-26(16(14)21-10-15)12-13-7-5-4-6-8-13/h4-11H,12H2,1-3H3,(H,23,25,27). The number of aromatic nitrogens is 5. The Hall–Kier alpha value is -3.13. The molecule has 4 aromatic rings. The smallest absolute Gasteiger partial charge is 0.259 e. The van der Waals surface area contributed by atoms with E-state index in [0.717, 1.165) is 21.6 Å². The van der Waals surface area contributed by atoms with Gasteiger partial charge in [0.15, 0.2) is 5.65 Å². The van der Waals surface area contributed by atoms with E-state index in [0.29, 0.717) is 17.2 Å². The van der Waals surface area contributed by atoms with Gasteiger partial charge in [0.1, 0.15) is 5.01 Å². The second-order valence-corrected chi connectivity index (χ2v) is 8.52. The summed E-state index contributed by atoms with van der Waals surface area (Å²) in [5, 5.41) is 17.6. The number of fused-ring (bicyclic) bond motifs is 1. The molecule has 8 heteroatoms. The average Bonchev–Trinajstić information content (AvgIpc) is 3.29. The lowest BCUT2D eigenvalue weighted by atomic mass is 9.98. The van der Waals surface area contributed by atoms with E-state index in [1.165, 1.54) is 11.3 Å². The first-order chi connectivity index (χ1) is 13.4. The first kappa shape index (κ1) is 18.2. The first-order valence-corrected chi connectivity index (χ1v) is 9.72.